The maximum absolute atomic E-state index is 13.3. The van der Waals surface area contributed by atoms with E-state index >= 15 is 0 Å². The SMILES string of the molecule is COc1cc(N=Nc2c(SOOO)cc3c(S(=O)(=O)O)c(N=Nc4c(C)c(C#N)c5nc6ccccc6n5c4O)ccc3c2O)c(N(CCCSOOO)CCCS(=O)(=O)O)cc1N=Nc1nc2ccc(SOOO)cc2s1.CS(=O)(=O)O. The van der Waals surface area contributed by atoms with Crippen LogP contribution in [-0.4, -0.2) is 117 Å². The van der Waals surface area contributed by atoms with Gasteiger partial charge >= 0.3 is 0 Å². The average molecular weight is 1280 g/mol. The van der Waals surface area contributed by atoms with E-state index in [0.29, 0.717) is 38.8 Å². The van der Waals surface area contributed by atoms with E-state index in [2.05, 4.69) is 70.5 Å². The fraction of sp³-hybridized carbons (Fsp3) is 0.205. The fourth-order valence-corrected chi connectivity index (χ4v) is 11.3. The molecule has 39 heteroatoms. The highest BCUT2D eigenvalue weighted by Crippen LogP contribution is 2.49. The zero-order valence-corrected chi connectivity index (χ0v) is 48.0. The lowest BCUT2D eigenvalue weighted by Gasteiger charge is -2.26. The molecule has 8 N–H and O–H groups in total. The molecule has 0 fully saturated rings. The van der Waals surface area contributed by atoms with Crippen LogP contribution in [0.1, 0.15) is 24.0 Å². The highest BCUT2D eigenvalue weighted by Gasteiger charge is 2.27. The van der Waals surface area contributed by atoms with Gasteiger partial charge in [0.2, 0.25) is 11.0 Å². The summed E-state index contributed by atoms with van der Waals surface area (Å²) in [7, 11) is -12.1. The monoisotopic (exact) mass is 1280 g/mol. The van der Waals surface area contributed by atoms with Crippen molar-refractivity contribution >= 4 is 155 Å². The zero-order chi connectivity index (χ0) is 60.2. The number of rotatable bonds is 25. The van der Waals surface area contributed by atoms with Gasteiger partial charge in [-0.2, -0.15) is 30.5 Å². The molecule has 83 heavy (non-hydrogen) atoms. The average Bonchev–Trinajstić information content (AvgIpc) is 2.22. The van der Waals surface area contributed by atoms with Crippen molar-refractivity contribution in [2.75, 3.05) is 42.9 Å². The van der Waals surface area contributed by atoms with Crippen LogP contribution in [0.2, 0.25) is 0 Å². The van der Waals surface area contributed by atoms with E-state index in [-0.39, 0.29) is 98.0 Å². The Bertz CT molecular complexity index is 4190. The van der Waals surface area contributed by atoms with Gasteiger partial charge in [-0.1, -0.05) is 38.6 Å². The minimum absolute atomic E-state index is 0.0246. The van der Waals surface area contributed by atoms with Crippen LogP contribution >= 0.6 is 47.5 Å². The second-order valence-electron chi connectivity index (χ2n) is 16.5. The van der Waals surface area contributed by atoms with Crippen molar-refractivity contribution in [1.29, 1.82) is 5.26 Å². The predicted molar refractivity (Wildman–Crippen MR) is 298 cm³/mol. The number of para-hydroxylation sites is 2. The third-order valence-electron chi connectivity index (χ3n) is 11.1. The number of anilines is 1. The molecule has 8 rings (SSSR count). The zero-order valence-electron chi connectivity index (χ0n) is 42.3. The summed E-state index contributed by atoms with van der Waals surface area (Å²) in [6.07, 6.45) is 0.888. The normalized spacial score (nSPS) is 12.4. The molecule has 0 radical (unpaired) electrons. The van der Waals surface area contributed by atoms with Gasteiger partial charge < -0.3 is 19.8 Å². The van der Waals surface area contributed by atoms with Gasteiger partial charge in [-0.3, -0.25) is 18.1 Å². The Morgan fingerprint density at radius 1 is 0.747 bits per heavy atom. The molecule has 0 aliphatic rings. The van der Waals surface area contributed by atoms with Crippen LogP contribution in [0.5, 0.6) is 17.4 Å². The summed E-state index contributed by atoms with van der Waals surface area (Å²) in [5, 5.41) is 96.4. The molecule has 440 valence electrons. The highest BCUT2D eigenvalue weighted by molar-refractivity contribution is 7.95. The molecule has 32 nitrogen and oxygen atoms in total. The van der Waals surface area contributed by atoms with Crippen molar-refractivity contribution in [3.8, 4) is 23.4 Å². The minimum Gasteiger partial charge on any atom is -0.505 e. The van der Waals surface area contributed by atoms with E-state index < -0.39 is 69.4 Å². The number of ether oxygens (including phenoxy) is 1. The highest BCUT2D eigenvalue weighted by atomic mass is 32.2. The van der Waals surface area contributed by atoms with Crippen LogP contribution in [0.4, 0.5) is 39.3 Å². The Balaban J connectivity index is 0.00000190. The van der Waals surface area contributed by atoms with Crippen molar-refractivity contribution in [3.05, 3.63) is 83.9 Å². The maximum Gasteiger partial charge on any atom is 0.297 e. The molecule has 0 aliphatic heterocycles. The first-order chi connectivity index (χ1) is 39.5. The lowest BCUT2D eigenvalue weighted by Crippen LogP contribution is -2.27. The standard InChI is InChI=1S/C43H37N11O18S6.CH4O3S/c1-22-26(21-44)41-45-27-7-3-4-8-32(27)54(41)42(56)37(22)50-47-29-12-10-24-25(40(29)78(63,64)65)18-36(76-72-69-59)38(39(24)55)51-48-30-20-34(66-2)31(49-52-43-46-28-11-9-23(75-71-68-58)17-35(28)74-43)19-33(30)53(13-5-15-73-70-67-57)14-6-16-77(60,61)62;1-5(2,3)4/h3-4,7-12,17-20,55-59H,5-6,13-16H2,1-2H3,(H,60,61,62)(H,63,64,65);1H3,(H,2,3,4). The van der Waals surface area contributed by atoms with E-state index in [1.807, 2.05) is 0 Å². The number of pyridine rings is 1. The number of hydrogen-bond donors (Lipinski definition) is 8. The number of imidazole rings is 1. The molecule has 0 unspecified atom stereocenters. The summed E-state index contributed by atoms with van der Waals surface area (Å²) in [5.74, 6) is -1.63. The number of methoxy groups -OCH3 is 1. The van der Waals surface area contributed by atoms with Crippen molar-refractivity contribution in [1.82, 2.24) is 14.4 Å². The number of benzene rings is 5. The topological polar surface area (TPSA) is 460 Å². The summed E-state index contributed by atoms with van der Waals surface area (Å²) in [6, 6.07) is 20.1. The molecule has 5 aromatic carbocycles. The van der Waals surface area contributed by atoms with Gasteiger partial charge in [-0.15, -0.1) is 43.7 Å². The Kier molecular flexibility index (Phi) is 21.6. The molecule has 0 bridgehead atoms. The minimum atomic E-state index is -5.28. The second kappa shape index (κ2) is 28.1. The van der Waals surface area contributed by atoms with Crippen LogP contribution in [0.15, 0.2) is 118 Å². The summed E-state index contributed by atoms with van der Waals surface area (Å²) in [4.78, 5) is 9.99. The number of aromatic nitrogens is 3. The van der Waals surface area contributed by atoms with Crippen LogP contribution in [0.3, 0.4) is 0 Å². The van der Waals surface area contributed by atoms with Crippen molar-refractivity contribution in [2.24, 2.45) is 30.7 Å². The van der Waals surface area contributed by atoms with Crippen molar-refractivity contribution in [3.63, 3.8) is 0 Å². The smallest absolute Gasteiger partial charge is 0.297 e. The first-order valence-corrected chi connectivity index (χ1v) is 30.8. The van der Waals surface area contributed by atoms with Gasteiger partial charge in [-0.25, -0.2) is 25.7 Å². The number of nitrogens with zero attached hydrogens (tertiary/aromatic N) is 11. The van der Waals surface area contributed by atoms with Gasteiger partial charge in [0.1, 0.15) is 45.0 Å². The van der Waals surface area contributed by atoms with E-state index in [0.717, 1.165) is 47.6 Å². The number of phenolic OH excluding ortho intramolecular Hbond substituents is 1. The number of phenols is 1. The largest absolute Gasteiger partial charge is 0.505 e. The molecule has 0 amide bonds. The summed E-state index contributed by atoms with van der Waals surface area (Å²) >= 11 is 2.87. The first kappa shape index (κ1) is 63.7. The molecular formula is C44H41N11O21S7. The molecule has 0 aliphatic carbocycles. The predicted octanol–water partition coefficient (Wildman–Crippen LogP) is 11.2. The Labute approximate surface area is 484 Å². The Hall–Kier alpha value is -6.89. The number of nitriles is 1. The summed E-state index contributed by atoms with van der Waals surface area (Å²) < 4.78 is 118. The number of thiazole rings is 1. The van der Waals surface area contributed by atoms with E-state index in [4.69, 9.17) is 24.1 Å². The molecule has 0 spiro atoms. The van der Waals surface area contributed by atoms with Crippen molar-refractivity contribution in [2.45, 2.75) is 34.5 Å². The first-order valence-electron chi connectivity index (χ1n) is 22.7. The van der Waals surface area contributed by atoms with Gasteiger partial charge in [-0.05, 0) is 74.4 Å². The molecule has 3 heterocycles. The third kappa shape index (κ3) is 16.3. The molecule has 0 saturated heterocycles. The van der Waals surface area contributed by atoms with Crippen LogP contribution in [-0.2, 0) is 58.5 Å². The second-order valence-corrected chi connectivity index (χ2v) is 24.2. The van der Waals surface area contributed by atoms with Gasteiger partial charge in [0, 0.05) is 58.2 Å². The lowest BCUT2D eigenvalue weighted by atomic mass is 10.1. The molecule has 8 aromatic rings. The number of fused-ring (bicyclic) bond motifs is 5. The molecule has 0 atom stereocenters. The molecule has 0 saturated carbocycles. The summed E-state index contributed by atoms with van der Waals surface area (Å²) in [5.41, 5.74) is 0.795. The van der Waals surface area contributed by atoms with E-state index in [1.54, 1.807) is 47.4 Å². The number of azo groups is 3. The fourth-order valence-electron chi connectivity index (χ4n) is 7.79. The summed E-state index contributed by atoms with van der Waals surface area (Å²) in [6.45, 7) is 1.55. The van der Waals surface area contributed by atoms with Crippen LogP contribution in [0.25, 0.3) is 37.7 Å². The maximum atomic E-state index is 13.3. The van der Waals surface area contributed by atoms with Gasteiger partial charge in [0.25, 0.3) is 30.4 Å². The molecule has 3 aromatic heterocycles. The van der Waals surface area contributed by atoms with E-state index in [1.165, 1.54) is 36.6 Å². The van der Waals surface area contributed by atoms with Gasteiger partial charge in [0.15, 0.2) is 17.1 Å². The number of hydrogen-bond acceptors (Lipinski definition) is 32. The quantitative estimate of drug-likeness (QED) is 0.00658. The Morgan fingerprint density at radius 2 is 1.42 bits per heavy atom. The Morgan fingerprint density at radius 3 is 2.11 bits per heavy atom. The van der Waals surface area contributed by atoms with Crippen molar-refractivity contribution < 1.29 is 97.7 Å². The lowest BCUT2D eigenvalue weighted by molar-refractivity contribution is -0.432. The van der Waals surface area contributed by atoms with E-state index in [9.17, 15) is 55.1 Å². The van der Waals surface area contributed by atoms with Crippen LogP contribution < -0.4 is 9.64 Å². The third-order valence-corrected chi connectivity index (χ3v) is 15.5. The molecular weight excluding hydrogens is 1240 g/mol. The number of aromatic hydroxyl groups is 2. The van der Waals surface area contributed by atoms with Crippen LogP contribution in [0, 0.1) is 18.3 Å². The van der Waals surface area contributed by atoms with Gasteiger partial charge in [0.05, 0.1) is 75.0 Å².